The molecule has 0 aliphatic carbocycles. The third kappa shape index (κ3) is 2.94. The molecule has 1 atom stereocenters. The predicted octanol–water partition coefficient (Wildman–Crippen LogP) is 2.39. The van der Waals surface area contributed by atoms with Crippen molar-refractivity contribution in [3.63, 3.8) is 0 Å². The average Bonchev–Trinajstić information content (AvgIpc) is 2.24. The van der Waals surface area contributed by atoms with Gasteiger partial charge in [-0.15, -0.1) is 0 Å². The van der Waals surface area contributed by atoms with E-state index >= 15 is 0 Å². The quantitative estimate of drug-likeness (QED) is 0.620. The van der Waals surface area contributed by atoms with Crippen LogP contribution >= 0.6 is 0 Å². The first-order valence-corrected chi connectivity index (χ1v) is 4.79. The van der Waals surface area contributed by atoms with Crippen LogP contribution in [-0.4, -0.2) is 36.8 Å². The predicted molar refractivity (Wildman–Crippen MR) is 52.9 cm³/mol. The number of methoxy groups -OCH3 is 1. The minimum absolute atomic E-state index is 0.561. The van der Waals surface area contributed by atoms with Crippen LogP contribution in [0, 0.1) is 22.7 Å². The van der Waals surface area contributed by atoms with E-state index in [-0.39, 0.29) is 0 Å². The van der Waals surface area contributed by atoms with Crippen molar-refractivity contribution in [2.75, 3.05) is 7.11 Å². The number of hydrogen-bond acceptors (Lipinski definition) is 4. The van der Waals surface area contributed by atoms with Crippen LogP contribution in [0.25, 0.3) is 0 Å². The molecule has 0 aliphatic rings. The van der Waals surface area contributed by atoms with Gasteiger partial charge in [-0.1, -0.05) is 0 Å². The summed E-state index contributed by atoms with van der Waals surface area (Å²) in [5.74, 6) is -2.98. The maximum absolute atomic E-state index is 12.9. The fourth-order valence-electron chi connectivity index (χ4n) is 1.43. The van der Waals surface area contributed by atoms with Crippen LogP contribution in [0.2, 0.25) is 0 Å². The van der Waals surface area contributed by atoms with Crippen molar-refractivity contribution in [1.29, 1.82) is 10.7 Å². The van der Waals surface area contributed by atoms with Crippen molar-refractivity contribution in [1.82, 2.24) is 5.32 Å². The first-order valence-electron chi connectivity index (χ1n) is 4.79. The Morgan fingerprint density at radius 2 is 1.65 bits per heavy atom. The van der Waals surface area contributed by atoms with Gasteiger partial charge in [0, 0.05) is 5.71 Å². The molecule has 2 N–H and O–H groups in total. The van der Waals surface area contributed by atoms with E-state index in [0.29, 0.717) is 19.4 Å². The minimum Gasteiger partial charge on any atom is -0.453 e. The standard InChI is InChI=1S/C9H9F6N3O2/c1-4(17)5(3-16)7(8(10,11)12,9(13,14)15)18-6(19)20-2/h5,17H,1-2H3,(H,18,19). The van der Waals surface area contributed by atoms with Gasteiger partial charge in [0.25, 0.3) is 5.54 Å². The first kappa shape index (κ1) is 18.0. The van der Waals surface area contributed by atoms with Gasteiger partial charge in [0.15, 0.2) is 0 Å². The van der Waals surface area contributed by atoms with Gasteiger partial charge < -0.3 is 10.1 Å². The number of ether oxygens (including phenoxy) is 1. The summed E-state index contributed by atoms with van der Waals surface area (Å²) in [6.07, 6.45) is -14.2. The van der Waals surface area contributed by atoms with Gasteiger partial charge in [-0.05, 0) is 6.92 Å². The molecule has 0 rings (SSSR count). The van der Waals surface area contributed by atoms with Crippen LogP contribution in [0.3, 0.4) is 0 Å². The third-order valence-corrected chi connectivity index (χ3v) is 2.37. The molecule has 0 aromatic heterocycles. The van der Waals surface area contributed by atoms with Crippen molar-refractivity contribution in [2.24, 2.45) is 5.92 Å². The van der Waals surface area contributed by atoms with E-state index in [9.17, 15) is 31.1 Å². The highest BCUT2D eigenvalue weighted by molar-refractivity contribution is 5.86. The lowest BCUT2D eigenvalue weighted by atomic mass is 9.80. The molecular formula is C9H9F6N3O2. The van der Waals surface area contributed by atoms with Crippen molar-refractivity contribution >= 4 is 11.8 Å². The smallest absolute Gasteiger partial charge is 0.422 e. The second kappa shape index (κ2) is 5.56. The largest absolute Gasteiger partial charge is 0.453 e. The van der Waals surface area contributed by atoms with Crippen molar-refractivity contribution in [3.8, 4) is 6.07 Å². The lowest BCUT2D eigenvalue weighted by molar-refractivity contribution is -0.309. The Morgan fingerprint density at radius 1 is 1.25 bits per heavy atom. The van der Waals surface area contributed by atoms with Crippen LogP contribution in [0.4, 0.5) is 31.1 Å². The van der Waals surface area contributed by atoms with Crippen molar-refractivity contribution in [2.45, 2.75) is 24.8 Å². The lowest BCUT2D eigenvalue weighted by Crippen LogP contribution is -2.72. The Labute approximate surface area is 109 Å². The highest BCUT2D eigenvalue weighted by Gasteiger charge is 2.76. The Hall–Kier alpha value is -1.99. The monoisotopic (exact) mass is 305 g/mol. The van der Waals surface area contributed by atoms with E-state index in [1.807, 2.05) is 0 Å². The molecule has 0 saturated carbocycles. The number of carbonyl (C=O) groups is 1. The summed E-state index contributed by atoms with van der Waals surface area (Å²) in [5, 5.41) is 16.1. The summed E-state index contributed by atoms with van der Waals surface area (Å²) in [7, 11) is 0.561. The highest BCUT2D eigenvalue weighted by atomic mass is 19.4. The summed E-state index contributed by atoms with van der Waals surface area (Å²) >= 11 is 0. The normalized spacial score (nSPS) is 14.2. The molecule has 0 spiro atoms. The molecule has 1 amide bonds. The van der Waals surface area contributed by atoms with Crippen LogP contribution in [0.5, 0.6) is 0 Å². The van der Waals surface area contributed by atoms with Gasteiger partial charge in [0.1, 0.15) is 5.92 Å². The van der Waals surface area contributed by atoms with Crippen molar-refractivity contribution < 1.29 is 35.9 Å². The number of alkyl carbamates (subject to hydrolysis) is 1. The van der Waals surface area contributed by atoms with E-state index in [1.54, 1.807) is 0 Å². The lowest BCUT2D eigenvalue weighted by Gasteiger charge is -2.39. The zero-order valence-electron chi connectivity index (χ0n) is 10.1. The van der Waals surface area contributed by atoms with Gasteiger partial charge in [-0.3, -0.25) is 5.32 Å². The number of nitriles is 1. The molecule has 11 heteroatoms. The maximum Gasteiger partial charge on any atom is 0.422 e. The number of nitrogens with zero attached hydrogens (tertiary/aromatic N) is 1. The van der Waals surface area contributed by atoms with Gasteiger partial charge in [0.2, 0.25) is 0 Å². The summed E-state index contributed by atoms with van der Waals surface area (Å²) in [6.45, 7) is 0.596. The number of alkyl halides is 6. The first-order chi connectivity index (χ1) is 8.85. The maximum atomic E-state index is 12.9. The molecule has 0 bridgehead atoms. The van der Waals surface area contributed by atoms with Crippen LogP contribution in [-0.2, 0) is 4.74 Å². The zero-order chi connectivity index (χ0) is 16.4. The zero-order valence-corrected chi connectivity index (χ0v) is 10.1. The third-order valence-electron chi connectivity index (χ3n) is 2.37. The second-order valence-electron chi connectivity index (χ2n) is 3.67. The molecule has 0 radical (unpaired) electrons. The molecule has 5 nitrogen and oxygen atoms in total. The van der Waals surface area contributed by atoms with E-state index in [0.717, 1.165) is 6.07 Å². The van der Waals surface area contributed by atoms with E-state index in [2.05, 4.69) is 4.74 Å². The molecule has 1 unspecified atom stereocenters. The fourth-order valence-corrected chi connectivity index (χ4v) is 1.43. The highest BCUT2D eigenvalue weighted by Crippen LogP contribution is 2.48. The molecule has 0 fully saturated rings. The van der Waals surface area contributed by atoms with Crippen LogP contribution in [0.15, 0.2) is 0 Å². The molecule has 114 valence electrons. The number of nitrogens with one attached hydrogen (secondary N) is 2. The number of hydrogen-bond donors (Lipinski definition) is 2. The SMILES string of the molecule is COC(=O)NC(C(C#N)C(C)=N)(C(F)(F)F)C(F)(F)F. The molecular weight excluding hydrogens is 296 g/mol. The van der Waals surface area contributed by atoms with E-state index < -0.39 is 35.6 Å². The molecule has 0 aromatic carbocycles. The molecule has 0 heterocycles. The summed E-state index contributed by atoms with van der Waals surface area (Å²) in [6, 6.07) is 0.750. The number of halogens is 6. The second-order valence-corrected chi connectivity index (χ2v) is 3.67. The van der Waals surface area contributed by atoms with Gasteiger partial charge in [-0.2, -0.15) is 31.6 Å². The fraction of sp³-hybridized carbons (Fsp3) is 0.667. The molecule has 20 heavy (non-hydrogen) atoms. The minimum atomic E-state index is -6.07. The Balaban J connectivity index is 6.31. The number of amides is 1. The Kier molecular flexibility index (Phi) is 5.00. The Bertz CT molecular complexity index is 422. The topological polar surface area (TPSA) is 86.0 Å². The average molecular weight is 305 g/mol. The van der Waals surface area contributed by atoms with Crippen LogP contribution < -0.4 is 5.32 Å². The molecule has 0 saturated heterocycles. The summed E-state index contributed by atoms with van der Waals surface area (Å²) in [5.41, 5.74) is -6.13. The Morgan fingerprint density at radius 3 is 1.85 bits per heavy atom. The van der Waals surface area contributed by atoms with Crippen molar-refractivity contribution in [3.05, 3.63) is 0 Å². The molecule has 0 aliphatic heterocycles. The summed E-state index contributed by atoms with van der Waals surface area (Å²) in [4.78, 5) is 10.9. The van der Waals surface area contributed by atoms with Crippen LogP contribution in [0.1, 0.15) is 6.92 Å². The van der Waals surface area contributed by atoms with E-state index in [4.69, 9.17) is 10.7 Å². The molecule has 0 aromatic rings. The number of carbonyl (C=O) groups excluding carboxylic acids is 1. The van der Waals surface area contributed by atoms with Gasteiger partial charge in [-0.25, -0.2) is 4.79 Å². The number of rotatable bonds is 3. The van der Waals surface area contributed by atoms with E-state index in [1.165, 1.54) is 0 Å². The van der Waals surface area contributed by atoms with Gasteiger partial charge >= 0.3 is 18.4 Å². The summed E-state index contributed by atoms with van der Waals surface area (Å²) < 4.78 is 81.3. The van der Waals surface area contributed by atoms with Gasteiger partial charge in [0.05, 0.1) is 13.2 Å².